The van der Waals surface area contributed by atoms with E-state index in [1.54, 1.807) is 20.2 Å². The van der Waals surface area contributed by atoms with Gasteiger partial charge in [0.25, 0.3) is 5.91 Å². The van der Waals surface area contributed by atoms with Crippen molar-refractivity contribution in [2.75, 3.05) is 33.7 Å². The average molecular weight is 616 g/mol. The van der Waals surface area contributed by atoms with Crippen molar-refractivity contribution in [3.8, 4) is 16.9 Å². The number of benzene rings is 2. The molecular weight excluding hydrogens is 574 g/mol. The number of primary amides is 1. The Hall–Kier alpha value is -3.99. The first-order valence-electron chi connectivity index (χ1n) is 15.8. The Kier molecular flexibility index (Phi) is 8.09. The second-order valence-corrected chi connectivity index (χ2v) is 13.2. The molecule has 0 spiro atoms. The minimum atomic E-state index is -2.65. The van der Waals surface area contributed by atoms with E-state index in [0.717, 1.165) is 43.6 Å². The fourth-order valence-electron chi connectivity index (χ4n) is 8.10. The van der Waals surface area contributed by atoms with E-state index in [1.165, 1.54) is 35.8 Å². The molecule has 45 heavy (non-hydrogen) atoms. The van der Waals surface area contributed by atoms with Gasteiger partial charge < -0.3 is 31.1 Å². The monoisotopic (exact) mass is 615 g/mol. The molecule has 3 aliphatic carbocycles. The summed E-state index contributed by atoms with van der Waals surface area (Å²) >= 11 is 0. The summed E-state index contributed by atoms with van der Waals surface area (Å²) in [6.07, 6.45) is 6.09. The van der Waals surface area contributed by atoms with Gasteiger partial charge in [0.2, 0.25) is 5.78 Å². The van der Waals surface area contributed by atoms with Gasteiger partial charge >= 0.3 is 0 Å². The molecular formula is C35H41N3O7. The maximum Gasteiger partial charge on any atom is 0.255 e. The Morgan fingerprint density at radius 1 is 1.07 bits per heavy atom. The molecule has 10 nitrogen and oxygen atoms in total. The van der Waals surface area contributed by atoms with Crippen LogP contribution < -0.4 is 5.73 Å². The Morgan fingerprint density at radius 3 is 2.49 bits per heavy atom. The van der Waals surface area contributed by atoms with E-state index in [9.17, 15) is 34.8 Å². The zero-order valence-electron chi connectivity index (χ0n) is 25.8. The van der Waals surface area contributed by atoms with E-state index in [1.807, 2.05) is 12.1 Å². The highest BCUT2D eigenvalue weighted by Crippen LogP contribution is 2.53. The number of fused-ring (bicyclic) bond motifs is 3. The molecule has 1 saturated carbocycles. The quantitative estimate of drug-likeness (QED) is 0.295. The maximum absolute atomic E-state index is 14.1. The zero-order valence-corrected chi connectivity index (χ0v) is 25.8. The van der Waals surface area contributed by atoms with E-state index < -0.39 is 58.0 Å². The highest BCUT2D eigenvalue weighted by Gasteiger charge is 2.64. The summed E-state index contributed by atoms with van der Waals surface area (Å²) in [5.74, 6) is -6.56. The number of ketones is 2. The number of phenolic OH excluding ortho intramolecular Hbond substituents is 1. The molecule has 1 saturated heterocycles. The number of carbonyl (C=O) groups excluding carboxylic acids is 3. The predicted molar refractivity (Wildman–Crippen MR) is 168 cm³/mol. The van der Waals surface area contributed by atoms with Crippen LogP contribution in [0.5, 0.6) is 5.75 Å². The number of nitrogens with zero attached hydrogens (tertiary/aromatic N) is 2. The summed E-state index contributed by atoms with van der Waals surface area (Å²) in [6, 6.07) is 10.4. The van der Waals surface area contributed by atoms with Crippen LogP contribution >= 0.6 is 0 Å². The number of Topliss-reactive ketones (excluding diaryl/α,β-unsaturated/α-hetero) is 2. The van der Waals surface area contributed by atoms with Crippen molar-refractivity contribution in [1.29, 1.82) is 0 Å². The Labute approximate surface area is 262 Å². The standard InChI is InChI=1S/C35H41N3O7/c1-37(2)29-24-18-21-17-23-22(20-10-6-8-19(16-20)9-7-15-38-13-4-3-5-14-38)11-12-25(39)27(23)30(40)26(21)32(42)35(24,45)33(43)28(31(29)41)34(36)44/h6,8,10-12,16,21,24,29,39-40,43,45H,3-5,7,9,13-15,17-18H2,1-2H3,(H2,36,44)/t21-,24-,29+,35-/m0/s1. The number of aromatic hydroxyl groups is 1. The second-order valence-electron chi connectivity index (χ2n) is 13.2. The molecule has 4 atom stereocenters. The number of aryl methyl sites for hydroxylation is 1. The first-order chi connectivity index (χ1) is 21.4. The number of rotatable bonds is 7. The lowest BCUT2D eigenvalue weighted by Crippen LogP contribution is -2.65. The van der Waals surface area contributed by atoms with Crippen LogP contribution in [0.3, 0.4) is 0 Å². The molecule has 2 aromatic carbocycles. The number of likely N-dealkylation sites (tertiary alicyclic amines) is 1. The minimum absolute atomic E-state index is 0.0530. The summed E-state index contributed by atoms with van der Waals surface area (Å²) < 4.78 is 0. The number of nitrogens with two attached hydrogens (primary N) is 1. The van der Waals surface area contributed by atoms with Gasteiger partial charge in [-0.15, -0.1) is 0 Å². The van der Waals surface area contributed by atoms with E-state index in [4.69, 9.17) is 5.73 Å². The van der Waals surface area contributed by atoms with Crippen LogP contribution in [0.1, 0.15) is 48.8 Å². The topological polar surface area (TPSA) is 165 Å². The molecule has 2 aromatic rings. The van der Waals surface area contributed by atoms with Gasteiger partial charge in [0.05, 0.1) is 11.6 Å². The second kappa shape index (κ2) is 11.7. The lowest BCUT2D eigenvalue weighted by molar-refractivity contribution is -0.153. The number of likely N-dealkylation sites (N-methyl/N-ethyl adjacent to an activating group) is 1. The number of aliphatic hydroxyl groups is 3. The summed E-state index contributed by atoms with van der Waals surface area (Å²) in [4.78, 5) is 43.6. The molecule has 238 valence electrons. The van der Waals surface area contributed by atoms with Gasteiger partial charge in [0.15, 0.2) is 11.4 Å². The fraction of sp³-hybridized carbons (Fsp3) is 0.457. The number of piperidine rings is 1. The van der Waals surface area contributed by atoms with Crippen LogP contribution in [0.15, 0.2) is 53.3 Å². The van der Waals surface area contributed by atoms with Crippen LogP contribution in [-0.2, 0) is 27.2 Å². The van der Waals surface area contributed by atoms with Gasteiger partial charge in [-0.05, 0) is 106 Å². The molecule has 1 amide bonds. The molecule has 6 N–H and O–H groups in total. The van der Waals surface area contributed by atoms with Gasteiger partial charge in [-0.3, -0.25) is 19.3 Å². The molecule has 0 aromatic heterocycles. The molecule has 1 heterocycles. The Bertz CT molecular complexity index is 1640. The third kappa shape index (κ3) is 5.05. The fourth-order valence-corrected chi connectivity index (χ4v) is 8.10. The number of phenols is 1. The van der Waals surface area contributed by atoms with Gasteiger partial charge in [-0.2, -0.15) is 0 Å². The maximum atomic E-state index is 14.1. The van der Waals surface area contributed by atoms with Crippen LogP contribution in [0.2, 0.25) is 0 Å². The summed E-state index contributed by atoms with van der Waals surface area (Å²) in [6.45, 7) is 3.38. The number of hydrogen-bond donors (Lipinski definition) is 5. The van der Waals surface area contributed by atoms with Gasteiger partial charge in [0, 0.05) is 11.5 Å². The van der Waals surface area contributed by atoms with E-state index in [2.05, 4.69) is 17.0 Å². The van der Waals surface area contributed by atoms with Gasteiger partial charge in [-0.25, -0.2) is 0 Å². The summed E-state index contributed by atoms with van der Waals surface area (Å²) in [7, 11) is 3.17. The molecule has 10 heteroatoms. The van der Waals surface area contributed by atoms with E-state index >= 15 is 0 Å². The largest absolute Gasteiger partial charge is 0.508 e. The lowest BCUT2D eigenvalue weighted by atomic mass is 9.57. The minimum Gasteiger partial charge on any atom is -0.508 e. The number of aliphatic hydroxyl groups excluding tert-OH is 2. The van der Waals surface area contributed by atoms with Gasteiger partial charge in [-0.1, -0.05) is 36.8 Å². The molecule has 6 rings (SSSR count). The van der Waals surface area contributed by atoms with Crippen molar-refractivity contribution < 1.29 is 34.8 Å². The van der Waals surface area contributed by atoms with E-state index in [-0.39, 0.29) is 29.7 Å². The first-order valence-corrected chi connectivity index (χ1v) is 15.8. The highest BCUT2D eigenvalue weighted by molar-refractivity contribution is 6.24. The smallest absolute Gasteiger partial charge is 0.255 e. The molecule has 0 radical (unpaired) electrons. The van der Waals surface area contributed by atoms with Crippen molar-refractivity contribution in [3.05, 3.63) is 70.0 Å². The van der Waals surface area contributed by atoms with Crippen LogP contribution in [0, 0.1) is 11.8 Å². The normalized spacial score (nSPS) is 27.0. The summed E-state index contributed by atoms with van der Waals surface area (Å²) in [5.41, 5.74) is 5.45. The molecule has 2 fully saturated rings. The molecule has 0 unspecified atom stereocenters. The van der Waals surface area contributed by atoms with Gasteiger partial charge in [0.1, 0.15) is 22.8 Å². The van der Waals surface area contributed by atoms with Crippen molar-refractivity contribution in [3.63, 3.8) is 0 Å². The van der Waals surface area contributed by atoms with Crippen molar-refractivity contribution in [1.82, 2.24) is 9.80 Å². The average Bonchev–Trinajstić information content (AvgIpc) is 2.99. The van der Waals surface area contributed by atoms with Crippen molar-refractivity contribution >= 4 is 23.2 Å². The number of hydrogen-bond acceptors (Lipinski definition) is 9. The third-order valence-electron chi connectivity index (χ3n) is 10.2. The van der Waals surface area contributed by atoms with E-state index in [0.29, 0.717) is 5.56 Å². The number of carbonyl (C=O) groups is 3. The molecule has 4 aliphatic rings. The van der Waals surface area contributed by atoms with Crippen molar-refractivity contribution in [2.24, 2.45) is 17.6 Å². The number of amides is 1. The Balaban J connectivity index is 1.38. The SMILES string of the molecule is CN(C)[C@H]1C(=O)C(C(N)=O)=C(O)[C@@]2(O)C(=O)C3=C(O)c4c(O)ccc(-c5cccc(CCCN6CCCCC6)c5)c4C[C@H]3C[C@@H]12. The molecule has 1 aliphatic heterocycles. The Morgan fingerprint density at radius 2 is 1.80 bits per heavy atom. The van der Waals surface area contributed by atoms with Crippen molar-refractivity contribution in [2.45, 2.75) is 56.6 Å². The first kappa shape index (κ1) is 31.0. The summed E-state index contributed by atoms with van der Waals surface area (Å²) in [5, 5.41) is 45.4. The van der Waals surface area contributed by atoms with Crippen LogP contribution in [-0.4, -0.2) is 93.1 Å². The van der Waals surface area contributed by atoms with Crippen LogP contribution in [0.25, 0.3) is 16.9 Å². The van der Waals surface area contributed by atoms with Crippen LogP contribution in [0.4, 0.5) is 0 Å². The predicted octanol–water partition coefficient (Wildman–Crippen LogP) is 3.05. The third-order valence-corrected chi connectivity index (χ3v) is 10.2. The lowest BCUT2D eigenvalue weighted by Gasteiger charge is -2.50. The zero-order chi connectivity index (χ0) is 32.2. The molecule has 0 bridgehead atoms. The highest BCUT2D eigenvalue weighted by atomic mass is 16.3.